The quantitative estimate of drug-likeness (QED) is 0.103. The number of halogens is 6. The Balaban J connectivity index is 0.000000330. The minimum absolute atomic E-state index is 0.0344. The third-order valence-corrected chi connectivity index (χ3v) is 7.91. The van der Waals surface area contributed by atoms with Crippen LogP contribution >= 0.6 is 11.7 Å². The minimum atomic E-state index is -4.48. The molecule has 0 saturated heterocycles. The number of fused-ring (bicyclic) bond motifs is 1. The maximum atomic E-state index is 13.2. The van der Waals surface area contributed by atoms with Gasteiger partial charge in [-0.15, -0.1) is 0 Å². The molecule has 0 aliphatic carbocycles. The molecule has 0 fully saturated rings. The topological polar surface area (TPSA) is 98.6 Å². The number of carbonyl (C=O) groups is 2. The zero-order valence-electron chi connectivity index (χ0n) is 25.7. The van der Waals surface area contributed by atoms with E-state index in [1.54, 1.807) is 42.5 Å². The zero-order chi connectivity index (χ0) is 35.6. The van der Waals surface area contributed by atoms with Gasteiger partial charge in [-0.25, -0.2) is 4.79 Å². The number of cyclic esters (lactones) is 1. The van der Waals surface area contributed by atoms with Gasteiger partial charge in [0.15, 0.2) is 0 Å². The molecule has 7 nitrogen and oxygen atoms in total. The molecule has 1 aliphatic heterocycles. The fraction of sp³-hybridized carbons (Fsp3) is 0.200. The summed E-state index contributed by atoms with van der Waals surface area (Å²) in [5.41, 5.74) is 1.47. The molecule has 0 bridgehead atoms. The summed E-state index contributed by atoms with van der Waals surface area (Å²) in [5, 5.41) is 11.8. The molecule has 1 aliphatic rings. The summed E-state index contributed by atoms with van der Waals surface area (Å²) in [6, 6.07) is 20.2. The lowest BCUT2D eigenvalue weighted by Crippen LogP contribution is -2.29. The number of aldehydes is 1. The van der Waals surface area contributed by atoms with Gasteiger partial charge in [-0.1, -0.05) is 30.3 Å². The average Bonchev–Trinajstić information content (AvgIpc) is 3.62. The van der Waals surface area contributed by atoms with Crippen LogP contribution in [-0.4, -0.2) is 32.2 Å². The van der Waals surface area contributed by atoms with E-state index in [0.29, 0.717) is 34.2 Å². The number of aromatic nitrogens is 2. The number of rotatable bonds is 7. The van der Waals surface area contributed by atoms with Crippen LogP contribution in [0.15, 0.2) is 96.6 Å². The monoisotopic (exact) mass is 700 g/mol. The van der Waals surface area contributed by atoms with Crippen LogP contribution in [0.4, 0.5) is 26.3 Å². The molecule has 0 radical (unpaired) electrons. The lowest BCUT2D eigenvalue weighted by atomic mass is 9.88. The summed E-state index contributed by atoms with van der Waals surface area (Å²) in [6.45, 7) is 3.76. The van der Waals surface area contributed by atoms with Crippen molar-refractivity contribution >= 4 is 40.6 Å². The molecule has 4 aromatic carbocycles. The number of nitrogens with zero attached hydrogens (tertiary/aromatic N) is 2. The third kappa shape index (κ3) is 7.98. The highest BCUT2D eigenvalue weighted by Crippen LogP contribution is 2.45. The molecule has 1 unspecified atom stereocenters. The van der Waals surface area contributed by atoms with E-state index in [2.05, 4.69) is 8.75 Å². The summed E-state index contributed by atoms with van der Waals surface area (Å²) in [6.07, 6.45) is -8.41. The normalized spacial score (nSPS) is 16.4. The van der Waals surface area contributed by atoms with Crippen LogP contribution in [0.5, 0.6) is 5.75 Å². The van der Waals surface area contributed by atoms with Gasteiger partial charge in [0, 0.05) is 23.1 Å². The summed E-state index contributed by atoms with van der Waals surface area (Å²) in [5.74, 6) is -2.32. The van der Waals surface area contributed by atoms with Crippen molar-refractivity contribution < 1.29 is 50.5 Å². The minimum Gasteiger partial charge on any atom is -0.491 e. The van der Waals surface area contributed by atoms with Crippen molar-refractivity contribution in [3.63, 3.8) is 0 Å². The second-order valence-corrected chi connectivity index (χ2v) is 11.7. The number of aliphatic hydroxyl groups is 1. The van der Waals surface area contributed by atoms with Gasteiger partial charge in [0.25, 0.3) is 5.79 Å². The third-order valence-electron chi connectivity index (χ3n) is 7.35. The largest absolute Gasteiger partial charge is 0.491 e. The van der Waals surface area contributed by atoms with Gasteiger partial charge < -0.3 is 14.6 Å². The van der Waals surface area contributed by atoms with Crippen LogP contribution in [0.3, 0.4) is 0 Å². The van der Waals surface area contributed by atoms with Gasteiger partial charge in [0.05, 0.1) is 34.5 Å². The van der Waals surface area contributed by atoms with Gasteiger partial charge in [0.1, 0.15) is 23.1 Å². The van der Waals surface area contributed by atoms with Crippen LogP contribution in [0, 0.1) is 0 Å². The van der Waals surface area contributed by atoms with Crippen molar-refractivity contribution in [2.45, 2.75) is 44.5 Å². The van der Waals surface area contributed by atoms with Crippen LogP contribution in [0.2, 0.25) is 0 Å². The van der Waals surface area contributed by atoms with Crippen molar-refractivity contribution in [2.24, 2.45) is 0 Å². The number of esters is 1. The molecule has 49 heavy (non-hydrogen) atoms. The number of hydrogen-bond acceptors (Lipinski definition) is 8. The number of hydrogen-bond donors (Lipinski definition) is 1. The smallest absolute Gasteiger partial charge is 0.416 e. The summed E-state index contributed by atoms with van der Waals surface area (Å²) >= 11 is 1.03. The predicted octanol–water partition coefficient (Wildman–Crippen LogP) is 8.41. The van der Waals surface area contributed by atoms with Crippen molar-refractivity contribution in [1.29, 1.82) is 0 Å². The lowest BCUT2D eigenvalue weighted by molar-refractivity contribution is -0.185. The van der Waals surface area contributed by atoms with Crippen molar-refractivity contribution in [3.8, 4) is 5.75 Å². The van der Waals surface area contributed by atoms with Crippen LogP contribution < -0.4 is 4.74 Å². The number of benzene rings is 4. The maximum Gasteiger partial charge on any atom is 0.416 e. The molecular weight excluding hydrogens is 674 g/mol. The SMILES string of the molecule is CC(C)Oc1ccc(C2(O)OC(=O)C(c3ccc4nsnc4c3)=C2Cc2ccc(C(F)(F)F)cc2)cc1.O=Cc1ccc(C(F)(F)F)cc1. The van der Waals surface area contributed by atoms with E-state index in [0.717, 1.165) is 48.1 Å². The van der Waals surface area contributed by atoms with E-state index in [1.807, 2.05) is 13.8 Å². The number of ether oxygens (including phenoxy) is 2. The highest BCUT2D eigenvalue weighted by molar-refractivity contribution is 7.00. The molecule has 1 N–H and O–H groups in total. The molecule has 5 aromatic rings. The van der Waals surface area contributed by atoms with Crippen molar-refractivity contribution in [3.05, 3.63) is 130 Å². The Morgan fingerprint density at radius 1 is 0.837 bits per heavy atom. The van der Waals surface area contributed by atoms with Gasteiger partial charge in [-0.05, 0) is 85.6 Å². The Bertz CT molecular complexity index is 1990. The lowest BCUT2D eigenvalue weighted by Gasteiger charge is -2.26. The molecule has 0 spiro atoms. The first-order valence-electron chi connectivity index (χ1n) is 14.6. The first-order valence-corrected chi connectivity index (χ1v) is 15.3. The highest BCUT2D eigenvalue weighted by atomic mass is 32.1. The molecular formula is C35H26F6N2O5S. The van der Waals surface area contributed by atoms with E-state index < -0.39 is 35.2 Å². The van der Waals surface area contributed by atoms with E-state index in [4.69, 9.17) is 9.47 Å². The van der Waals surface area contributed by atoms with Gasteiger partial charge in [-0.2, -0.15) is 35.1 Å². The highest BCUT2D eigenvalue weighted by Gasteiger charge is 2.48. The Labute approximate surface area is 279 Å². The molecule has 254 valence electrons. The molecule has 2 heterocycles. The molecule has 1 atom stereocenters. The molecule has 1 aromatic heterocycles. The van der Waals surface area contributed by atoms with E-state index >= 15 is 0 Å². The summed E-state index contributed by atoms with van der Waals surface area (Å²) in [4.78, 5) is 23.3. The summed E-state index contributed by atoms with van der Waals surface area (Å²) < 4.78 is 94.7. The van der Waals surface area contributed by atoms with Gasteiger partial charge >= 0.3 is 18.3 Å². The molecule has 0 amide bonds. The first-order chi connectivity index (χ1) is 23.1. The number of alkyl halides is 6. The van der Waals surface area contributed by atoms with Gasteiger partial charge in [0.2, 0.25) is 0 Å². The predicted molar refractivity (Wildman–Crippen MR) is 169 cm³/mol. The van der Waals surface area contributed by atoms with E-state index in [9.17, 15) is 41.0 Å². The first kappa shape index (κ1) is 35.2. The second-order valence-electron chi connectivity index (χ2n) is 11.2. The Morgan fingerprint density at radius 2 is 1.41 bits per heavy atom. The molecule has 6 rings (SSSR count). The Hall–Kier alpha value is -5.08. The average molecular weight is 701 g/mol. The Kier molecular flexibility index (Phi) is 9.92. The van der Waals surface area contributed by atoms with Gasteiger partial charge in [-0.3, -0.25) is 4.79 Å². The molecule has 0 saturated carbocycles. The second kappa shape index (κ2) is 13.8. The standard InChI is InChI=1S/C27H21F3N2O4S.C8H5F3O/c1-15(2)35-20-10-8-18(9-11-20)26(34)21(13-16-3-6-19(7-4-16)27(28,29)30)24(25(33)36-26)17-5-12-22-23(14-17)32-37-31-22;9-8(10,11)7-3-1-6(5-12)2-4-7/h3-12,14-15,34H,13H2,1-2H3;1-5H. The zero-order valence-corrected chi connectivity index (χ0v) is 26.5. The van der Waals surface area contributed by atoms with E-state index in [-0.39, 0.29) is 34.8 Å². The Morgan fingerprint density at radius 3 is 1.96 bits per heavy atom. The molecule has 14 heteroatoms. The van der Waals surface area contributed by atoms with Crippen molar-refractivity contribution in [2.75, 3.05) is 0 Å². The van der Waals surface area contributed by atoms with Crippen LogP contribution in [0.1, 0.15) is 52.0 Å². The fourth-order valence-electron chi connectivity index (χ4n) is 5.01. The van der Waals surface area contributed by atoms with Crippen molar-refractivity contribution in [1.82, 2.24) is 8.75 Å². The van der Waals surface area contributed by atoms with Crippen LogP contribution in [0.25, 0.3) is 16.6 Å². The fourth-order valence-corrected chi connectivity index (χ4v) is 5.53. The summed E-state index contributed by atoms with van der Waals surface area (Å²) in [7, 11) is 0. The van der Waals surface area contributed by atoms with Crippen LogP contribution in [-0.2, 0) is 34.1 Å². The maximum absolute atomic E-state index is 13.2. The number of carbonyl (C=O) groups excluding carboxylic acids is 2. The van der Waals surface area contributed by atoms with E-state index in [1.165, 1.54) is 12.1 Å².